The quantitative estimate of drug-likeness (QED) is 0.894. The van der Waals surface area contributed by atoms with Crippen molar-refractivity contribution in [1.82, 2.24) is 0 Å². The zero-order valence-electron chi connectivity index (χ0n) is 10.7. The summed E-state index contributed by atoms with van der Waals surface area (Å²) in [5, 5.41) is 9.41. The Morgan fingerprint density at radius 1 is 1.16 bits per heavy atom. The van der Waals surface area contributed by atoms with Crippen molar-refractivity contribution in [3.8, 4) is 5.75 Å². The van der Waals surface area contributed by atoms with Gasteiger partial charge in [0.15, 0.2) is 0 Å². The van der Waals surface area contributed by atoms with Crippen LogP contribution in [-0.2, 0) is 11.2 Å². The molecule has 3 heteroatoms. The van der Waals surface area contributed by atoms with Crippen LogP contribution < -0.4 is 4.74 Å². The van der Waals surface area contributed by atoms with Gasteiger partial charge in [-0.2, -0.15) is 0 Å². The van der Waals surface area contributed by atoms with E-state index in [2.05, 4.69) is 0 Å². The molecule has 0 saturated heterocycles. The number of ether oxygens (including phenoxy) is 1. The predicted octanol–water partition coefficient (Wildman–Crippen LogP) is 3.11. The Kier molecular flexibility index (Phi) is 4.18. The molecule has 0 spiro atoms. The van der Waals surface area contributed by atoms with Crippen molar-refractivity contribution >= 4 is 5.97 Å². The van der Waals surface area contributed by atoms with Crippen molar-refractivity contribution in [3.05, 3.63) is 65.7 Å². The minimum atomic E-state index is -0.822. The maximum absolute atomic E-state index is 11.5. The fraction of sp³-hybridized carbons (Fsp3) is 0.188. The number of hydrogen-bond acceptors (Lipinski definition) is 2. The fourth-order valence-electron chi connectivity index (χ4n) is 2.06. The van der Waals surface area contributed by atoms with Gasteiger partial charge in [0.25, 0.3) is 0 Å². The average Bonchev–Trinajstić information content (AvgIpc) is 2.45. The third kappa shape index (κ3) is 3.35. The molecular formula is C16H16O3. The van der Waals surface area contributed by atoms with Gasteiger partial charge in [0.05, 0.1) is 13.0 Å². The van der Waals surface area contributed by atoms with E-state index in [1.807, 2.05) is 48.5 Å². The predicted molar refractivity (Wildman–Crippen MR) is 73.5 cm³/mol. The average molecular weight is 256 g/mol. The summed E-state index contributed by atoms with van der Waals surface area (Å²) in [6.45, 7) is 0. The molecule has 0 aliphatic rings. The molecule has 0 amide bonds. The molecule has 3 nitrogen and oxygen atoms in total. The lowest BCUT2D eigenvalue weighted by molar-refractivity contribution is -0.138. The topological polar surface area (TPSA) is 46.5 Å². The molecule has 19 heavy (non-hydrogen) atoms. The highest BCUT2D eigenvalue weighted by Crippen LogP contribution is 2.24. The number of aliphatic carboxylic acids is 1. The van der Waals surface area contributed by atoms with Gasteiger partial charge in [-0.15, -0.1) is 0 Å². The molecule has 2 aromatic carbocycles. The Morgan fingerprint density at radius 2 is 1.89 bits per heavy atom. The molecule has 0 bridgehead atoms. The number of benzene rings is 2. The van der Waals surface area contributed by atoms with E-state index in [1.54, 1.807) is 13.2 Å². The lowest BCUT2D eigenvalue weighted by Crippen LogP contribution is -2.14. The van der Waals surface area contributed by atoms with E-state index in [-0.39, 0.29) is 0 Å². The molecule has 0 aromatic heterocycles. The zero-order valence-corrected chi connectivity index (χ0v) is 10.7. The Labute approximate surface area is 112 Å². The summed E-state index contributed by atoms with van der Waals surface area (Å²) in [7, 11) is 1.58. The third-order valence-electron chi connectivity index (χ3n) is 3.08. The Hall–Kier alpha value is -2.29. The SMILES string of the molecule is COc1cccc(C(Cc2ccccc2)C(=O)O)c1. The van der Waals surface area contributed by atoms with E-state index in [9.17, 15) is 9.90 Å². The van der Waals surface area contributed by atoms with Crippen LogP contribution in [0, 0.1) is 0 Å². The first-order chi connectivity index (χ1) is 9.20. The second-order valence-corrected chi connectivity index (χ2v) is 4.36. The number of carboxylic acids is 1. The summed E-state index contributed by atoms with van der Waals surface area (Å²) < 4.78 is 5.14. The molecule has 2 rings (SSSR count). The van der Waals surface area contributed by atoms with Crippen molar-refractivity contribution < 1.29 is 14.6 Å². The number of hydrogen-bond donors (Lipinski definition) is 1. The smallest absolute Gasteiger partial charge is 0.311 e. The molecule has 2 aromatic rings. The van der Waals surface area contributed by atoms with Gasteiger partial charge in [0.1, 0.15) is 5.75 Å². The van der Waals surface area contributed by atoms with Crippen LogP contribution in [-0.4, -0.2) is 18.2 Å². The summed E-state index contributed by atoms with van der Waals surface area (Å²) in [5.74, 6) is -0.702. The first-order valence-corrected chi connectivity index (χ1v) is 6.11. The molecule has 1 atom stereocenters. The molecule has 0 heterocycles. The van der Waals surface area contributed by atoms with Crippen molar-refractivity contribution in [1.29, 1.82) is 0 Å². The number of methoxy groups -OCH3 is 1. The van der Waals surface area contributed by atoms with E-state index in [4.69, 9.17) is 4.74 Å². The normalized spacial score (nSPS) is 11.8. The van der Waals surface area contributed by atoms with E-state index in [0.29, 0.717) is 12.2 Å². The Balaban J connectivity index is 2.27. The number of carbonyl (C=O) groups is 1. The van der Waals surface area contributed by atoms with Crippen LogP contribution in [0.25, 0.3) is 0 Å². The second kappa shape index (κ2) is 6.05. The lowest BCUT2D eigenvalue weighted by Gasteiger charge is -2.13. The van der Waals surface area contributed by atoms with Crippen LogP contribution in [0.4, 0.5) is 0 Å². The van der Waals surface area contributed by atoms with Crippen LogP contribution >= 0.6 is 0 Å². The third-order valence-corrected chi connectivity index (χ3v) is 3.08. The molecule has 0 radical (unpaired) electrons. The fourth-order valence-corrected chi connectivity index (χ4v) is 2.06. The van der Waals surface area contributed by atoms with Crippen molar-refractivity contribution in [2.45, 2.75) is 12.3 Å². The minimum absolute atomic E-state index is 0.476. The van der Waals surface area contributed by atoms with Gasteiger partial charge in [-0.25, -0.2) is 0 Å². The first-order valence-electron chi connectivity index (χ1n) is 6.11. The summed E-state index contributed by atoms with van der Waals surface area (Å²) in [6.07, 6.45) is 0.476. The first kappa shape index (κ1) is 13.1. The van der Waals surface area contributed by atoms with E-state index in [1.165, 1.54) is 0 Å². The highest BCUT2D eigenvalue weighted by atomic mass is 16.5. The van der Waals surface area contributed by atoms with Gasteiger partial charge < -0.3 is 9.84 Å². The molecule has 1 unspecified atom stereocenters. The number of carboxylic acid groups (broad SMARTS) is 1. The summed E-state index contributed by atoms with van der Waals surface area (Å²) in [6, 6.07) is 16.9. The van der Waals surface area contributed by atoms with E-state index in [0.717, 1.165) is 11.1 Å². The van der Waals surface area contributed by atoms with Crippen LogP contribution in [0.2, 0.25) is 0 Å². The molecule has 0 saturated carbocycles. The van der Waals surface area contributed by atoms with Gasteiger partial charge in [0.2, 0.25) is 0 Å². The lowest BCUT2D eigenvalue weighted by atomic mass is 9.92. The van der Waals surface area contributed by atoms with E-state index >= 15 is 0 Å². The number of rotatable bonds is 5. The molecule has 98 valence electrons. The van der Waals surface area contributed by atoms with Gasteiger partial charge in [-0.1, -0.05) is 42.5 Å². The van der Waals surface area contributed by atoms with Crippen molar-refractivity contribution in [3.63, 3.8) is 0 Å². The van der Waals surface area contributed by atoms with Gasteiger partial charge in [-0.3, -0.25) is 4.79 Å². The zero-order chi connectivity index (χ0) is 13.7. The van der Waals surface area contributed by atoms with Crippen LogP contribution in [0.3, 0.4) is 0 Å². The second-order valence-electron chi connectivity index (χ2n) is 4.36. The summed E-state index contributed by atoms with van der Waals surface area (Å²) in [4.78, 5) is 11.5. The molecule has 0 aliphatic heterocycles. The summed E-state index contributed by atoms with van der Waals surface area (Å²) in [5.41, 5.74) is 1.77. The van der Waals surface area contributed by atoms with Crippen LogP contribution in [0.5, 0.6) is 5.75 Å². The van der Waals surface area contributed by atoms with Crippen molar-refractivity contribution in [2.75, 3.05) is 7.11 Å². The highest BCUT2D eigenvalue weighted by Gasteiger charge is 2.20. The van der Waals surface area contributed by atoms with Crippen molar-refractivity contribution in [2.24, 2.45) is 0 Å². The van der Waals surface area contributed by atoms with Crippen LogP contribution in [0.15, 0.2) is 54.6 Å². The largest absolute Gasteiger partial charge is 0.497 e. The Morgan fingerprint density at radius 3 is 2.53 bits per heavy atom. The Bertz CT molecular complexity index is 549. The van der Waals surface area contributed by atoms with E-state index < -0.39 is 11.9 Å². The molecule has 0 aliphatic carbocycles. The monoisotopic (exact) mass is 256 g/mol. The van der Waals surface area contributed by atoms with Crippen LogP contribution in [0.1, 0.15) is 17.0 Å². The maximum atomic E-state index is 11.5. The van der Waals surface area contributed by atoms with Gasteiger partial charge in [-0.05, 0) is 29.7 Å². The molecule has 0 fully saturated rings. The minimum Gasteiger partial charge on any atom is -0.497 e. The standard InChI is InChI=1S/C16H16O3/c1-19-14-9-5-8-13(11-14)15(16(17)18)10-12-6-3-2-4-7-12/h2-9,11,15H,10H2,1H3,(H,17,18). The van der Waals surface area contributed by atoms with Gasteiger partial charge >= 0.3 is 5.97 Å². The highest BCUT2D eigenvalue weighted by molar-refractivity contribution is 5.76. The maximum Gasteiger partial charge on any atom is 0.311 e. The van der Waals surface area contributed by atoms with Gasteiger partial charge in [0, 0.05) is 0 Å². The molecular weight excluding hydrogens is 240 g/mol. The molecule has 1 N–H and O–H groups in total. The summed E-state index contributed by atoms with van der Waals surface area (Å²) >= 11 is 0.